The molecule has 0 atom stereocenters. The van der Waals surface area contributed by atoms with Gasteiger partial charge in [0.25, 0.3) is 5.91 Å². The first kappa shape index (κ1) is 18.0. The zero-order valence-corrected chi connectivity index (χ0v) is 13.9. The number of carbonyl (C=O) groups excluding carboxylic acids is 2. The van der Waals surface area contributed by atoms with Crippen LogP contribution in [0.15, 0.2) is 24.5 Å². The second-order valence-corrected chi connectivity index (χ2v) is 5.64. The van der Waals surface area contributed by atoms with E-state index in [0.29, 0.717) is 16.6 Å². The van der Waals surface area contributed by atoms with Crippen LogP contribution in [0.2, 0.25) is 0 Å². The predicted octanol–water partition coefficient (Wildman–Crippen LogP) is -0.385. The smallest absolute Gasteiger partial charge is 0.456 e. The van der Waals surface area contributed by atoms with Crippen molar-refractivity contribution in [2.75, 3.05) is 6.54 Å². The van der Waals surface area contributed by atoms with Crippen LogP contribution in [-0.4, -0.2) is 40.5 Å². The van der Waals surface area contributed by atoms with Crippen LogP contribution in [0.5, 0.6) is 0 Å². The lowest BCUT2D eigenvalue weighted by atomic mass is 9.75. The highest BCUT2D eigenvalue weighted by Gasteiger charge is 2.31. The van der Waals surface area contributed by atoms with Crippen LogP contribution in [0.1, 0.15) is 27.3 Å². The summed E-state index contributed by atoms with van der Waals surface area (Å²) in [5.41, 5.74) is 2.33. The van der Waals surface area contributed by atoms with E-state index >= 15 is 0 Å². The fraction of sp³-hybridized carbons (Fsp3) is 0.250. The van der Waals surface area contributed by atoms with Gasteiger partial charge in [0.1, 0.15) is 6.54 Å². The zero-order chi connectivity index (χ0) is 18.7. The van der Waals surface area contributed by atoms with E-state index in [1.54, 1.807) is 19.1 Å². The van der Waals surface area contributed by atoms with Crippen molar-refractivity contribution < 1.29 is 28.4 Å². The molecule has 0 bridgehead atoms. The maximum absolute atomic E-state index is 12.7. The highest BCUT2D eigenvalue weighted by Crippen LogP contribution is 2.16. The van der Waals surface area contributed by atoms with Crippen molar-refractivity contribution in [1.29, 1.82) is 0 Å². The van der Waals surface area contributed by atoms with E-state index in [1.165, 1.54) is 0 Å². The number of halogens is 1. The normalized spacial score (nSPS) is 12.7. The minimum atomic E-state index is -1.06. The van der Waals surface area contributed by atoms with Crippen molar-refractivity contribution in [2.45, 2.75) is 20.1 Å². The van der Waals surface area contributed by atoms with Gasteiger partial charge < -0.3 is 19.7 Å². The molecule has 2 heterocycles. The lowest BCUT2D eigenvalue weighted by molar-refractivity contribution is -0.143. The Morgan fingerprint density at radius 2 is 2.12 bits per heavy atom. The van der Waals surface area contributed by atoms with Crippen LogP contribution in [0, 0.1) is 12.7 Å². The number of rotatable bonds is 5. The third kappa shape index (κ3) is 3.86. The van der Waals surface area contributed by atoms with Gasteiger partial charge in [-0.2, -0.15) is 0 Å². The van der Waals surface area contributed by atoms with Crippen molar-refractivity contribution in [3.05, 3.63) is 52.9 Å². The zero-order valence-electron chi connectivity index (χ0n) is 13.9. The fourth-order valence-electron chi connectivity index (χ4n) is 2.61. The first-order chi connectivity index (χ1) is 12.5. The lowest BCUT2D eigenvalue weighted by Crippen LogP contribution is -2.35. The molecule has 1 amide bonds. The summed E-state index contributed by atoms with van der Waals surface area (Å²) in [6.07, 6.45) is 1.93. The summed E-state index contributed by atoms with van der Waals surface area (Å²) in [6, 6.07) is 3.32. The van der Waals surface area contributed by atoms with E-state index in [-0.39, 0.29) is 25.6 Å². The van der Waals surface area contributed by atoms with Crippen LogP contribution >= 0.6 is 0 Å². The maximum atomic E-state index is 12.7. The van der Waals surface area contributed by atoms with E-state index in [4.69, 9.17) is 9.39 Å². The number of esters is 1. The Bertz CT molecular complexity index is 847. The highest BCUT2D eigenvalue weighted by atomic mass is 19.1. The third-order valence-corrected chi connectivity index (χ3v) is 3.92. The van der Waals surface area contributed by atoms with Crippen LogP contribution in [0.4, 0.5) is 4.39 Å². The average Bonchev–Trinajstić information content (AvgIpc) is 3.01. The van der Waals surface area contributed by atoms with Crippen LogP contribution < -0.4 is 10.8 Å². The summed E-state index contributed by atoms with van der Waals surface area (Å²) in [7, 11) is -1.06. The molecule has 0 saturated heterocycles. The van der Waals surface area contributed by atoms with Gasteiger partial charge in [0, 0.05) is 5.56 Å². The number of carbonyl (C=O) groups is 2. The number of amides is 1. The molecule has 1 aliphatic rings. The minimum absolute atomic E-state index is 0.148. The molecule has 0 unspecified atom stereocenters. The number of aromatic nitrogens is 2. The Morgan fingerprint density at radius 1 is 1.38 bits per heavy atom. The number of nitrogens with one attached hydrogen (secondary N) is 1. The van der Waals surface area contributed by atoms with Gasteiger partial charge in [0.15, 0.2) is 18.2 Å². The summed E-state index contributed by atoms with van der Waals surface area (Å²) in [6.45, 7) is 1.42. The van der Waals surface area contributed by atoms with Gasteiger partial charge in [0.2, 0.25) is 0 Å². The molecule has 1 aromatic heterocycles. The molecule has 3 rings (SSSR count). The van der Waals surface area contributed by atoms with Gasteiger partial charge in [-0.05, 0) is 29.6 Å². The second-order valence-electron chi connectivity index (χ2n) is 5.64. The maximum Gasteiger partial charge on any atom is 0.492 e. The summed E-state index contributed by atoms with van der Waals surface area (Å²) in [5.74, 6) is -1.60. The topological polar surface area (TPSA) is 111 Å². The molecule has 10 heteroatoms. The molecule has 1 aliphatic heterocycles. The summed E-state index contributed by atoms with van der Waals surface area (Å²) < 4.78 is 22.7. The molecular formula is C16H15BFN3O5. The molecule has 2 aromatic rings. The molecule has 0 saturated carbocycles. The van der Waals surface area contributed by atoms with E-state index in [0.717, 1.165) is 18.0 Å². The number of fused-ring (bicyclic) bond motifs is 1. The quantitative estimate of drug-likeness (QED) is 0.553. The monoisotopic (exact) mass is 359 g/mol. The first-order valence-electron chi connectivity index (χ1n) is 7.78. The van der Waals surface area contributed by atoms with Gasteiger partial charge in [-0.25, -0.2) is 14.4 Å². The van der Waals surface area contributed by atoms with Crippen LogP contribution in [0.25, 0.3) is 0 Å². The molecule has 0 aliphatic carbocycles. The molecule has 26 heavy (non-hydrogen) atoms. The predicted molar refractivity (Wildman–Crippen MR) is 87.7 cm³/mol. The molecule has 1 aromatic carbocycles. The Morgan fingerprint density at radius 3 is 2.85 bits per heavy atom. The van der Waals surface area contributed by atoms with Crippen molar-refractivity contribution in [3.63, 3.8) is 0 Å². The molecule has 0 spiro atoms. The molecule has 134 valence electrons. The molecule has 2 N–H and O–H groups in total. The van der Waals surface area contributed by atoms with Crippen molar-refractivity contribution in [3.8, 4) is 0 Å². The fourth-order valence-corrected chi connectivity index (χ4v) is 2.61. The Hall–Kier alpha value is -2.85. The number of benzene rings is 1. The van der Waals surface area contributed by atoms with E-state index in [2.05, 4.69) is 15.3 Å². The summed E-state index contributed by atoms with van der Waals surface area (Å²) in [5, 5.41) is 12.3. The number of ether oxygens (including phenoxy) is 1. The molecule has 8 nitrogen and oxygen atoms in total. The molecule has 0 radical (unpaired) electrons. The minimum Gasteiger partial charge on any atom is -0.456 e. The molecular weight excluding hydrogens is 344 g/mol. The SMILES string of the molecule is Cc1c(C(=O)NCC(=O)OCc2ncc(F)cn2)ccc2c1B(O)OC2. The van der Waals surface area contributed by atoms with Crippen LogP contribution in [-0.2, 0) is 27.4 Å². The molecule has 0 fully saturated rings. The second kappa shape index (κ2) is 7.59. The van der Waals surface area contributed by atoms with E-state index < -0.39 is 24.8 Å². The Balaban J connectivity index is 1.55. The van der Waals surface area contributed by atoms with Crippen LogP contribution in [0.3, 0.4) is 0 Å². The Labute approximate surface area is 148 Å². The standard InChI is InChI=1S/C16H15BFN3O5/c1-9-12(3-2-10-7-26-17(24)15(9)10)16(23)21-6-14(22)25-8-13-19-4-11(18)5-20-13/h2-5,24H,6-8H2,1H3,(H,21,23). The lowest BCUT2D eigenvalue weighted by Gasteiger charge is -2.11. The van der Waals surface area contributed by atoms with E-state index in [1.807, 2.05) is 0 Å². The third-order valence-electron chi connectivity index (χ3n) is 3.92. The number of nitrogens with zero attached hydrogens (tertiary/aromatic N) is 2. The van der Waals surface area contributed by atoms with Gasteiger partial charge in [-0.15, -0.1) is 0 Å². The summed E-state index contributed by atoms with van der Waals surface area (Å²) >= 11 is 0. The largest absolute Gasteiger partial charge is 0.492 e. The van der Waals surface area contributed by atoms with Gasteiger partial charge in [-0.1, -0.05) is 6.07 Å². The average molecular weight is 359 g/mol. The van der Waals surface area contributed by atoms with Gasteiger partial charge in [-0.3, -0.25) is 9.59 Å². The van der Waals surface area contributed by atoms with Crippen molar-refractivity contribution >= 4 is 24.5 Å². The summed E-state index contributed by atoms with van der Waals surface area (Å²) in [4.78, 5) is 31.3. The Kier molecular flexibility index (Phi) is 5.24. The van der Waals surface area contributed by atoms with Crippen molar-refractivity contribution in [2.24, 2.45) is 0 Å². The van der Waals surface area contributed by atoms with Crippen molar-refractivity contribution in [1.82, 2.24) is 15.3 Å². The first-order valence-corrected chi connectivity index (χ1v) is 7.78. The van der Waals surface area contributed by atoms with E-state index in [9.17, 15) is 19.0 Å². The highest BCUT2D eigenvalue weighted by molar-refractivity contribution is 6.62. The number of hydrogen-bond acceptors (Lipinski definition) is 7. The van der Waals surface area contributed by atoms with Gasteiger partial charge >= 0.3 is 13.1 Å². The number of hydrogen-bond donors (Lipinski definition) is 2. The van der Waals surface area contributed by atoms with Gasteiger partial charge in [0.05, 0.1) is 19.0 Å².